The van der Waals surface area contributed by atoms with Crippen LogP contribution >= 0.6 is 0 Å². The molecule has 1 aliphatic rings. The summed E-state index contributed by atoms with van der Waals surface area (Å²) in [5.41, 5.74) is 1.89. The van der Waals surface area contributed by atoms with E-state index in [-0.39, 0.29) is 12.6 Å². The van der Waals surface area contributed by atoms with Gasteiger partial charge in [-0.2, -0.15) is 0 Å². The summed E-state index contributed by atoms with van der Waals surface area (Å²) in [6.07, 6.45) is 0. The normalized spacial score (nSPS) is 15.0. The molecule has 0 aliphatic carbocycles. The molecule has 1 fully saturated rings. The maximum Gasteiger partial charge on any atom is 0.309 e. The summed E-state index contributed by atoms with van der Waals surface area (Å²) >= 11 is 0. The molecule has 8 nitrogen and oxygen atoms in total. The van der Waals surface area contributed by atoms with Crippen molar-refractivity contribution in [3.8, 4) is 11.5 Å². The summed E-state index contributed by atoms with van der Waals surface area (Å²) in [6, 6.07) is 15.0. The topological polar surface area (TPSA) is 89.1 Å². The van der Waals surface area contributed by atoms with Crippen molar-refractivity contribution in [2.45, 2.75) is 12.6 Å². The molecule has 0 saturated carbocycles. The molecule has 0 aromatic heterocycles. The van der Waals surface area contributed by atoms with Gasteiger partial charge in [0.2, 0.25) is 0 Å². The van der Waals surface area contributed by atoms with Gasteiger partial charge in [0.25, 0.3) is 0 Å². The molecule has 166 valence electrons. The third-order valence-electron chi connectivity index (χ3n) is 5.24. The smallest absolute Gasteiger partial charge is 0.309 e. The first-order chi connectivity index (χ1) is 15.1. The third-order valence-corrected chi connectivity index (χ3v) is 5.24. The van der Waals surface area contributed by atoms with Gasteiger partial charge in [-0.1, -0.05) is 24.3 Å². The summed E-state index contributed by atoms with van der Waals surface area (Å²) in [4.78, 5) is 26.9. The van der Waals surface area contributed by atoms with Crippen LogP contribution < -0.4 is 20.1 Å². The zero-order valence-electron chi connectivity index (χ0n) is 17.9. The number of nitrogens with one attached hydrogen (secondary N) is 2. The molecule has 0 radical (unpaired) electrons. The Morgan fingerprint density at radius 1 is 0.968 bits per heavy atom. The molecule has 8 heteroatoms. The van der Waals surface area contributed by atoms with Crippen molar-refractivity contribution in [2.75, 3.05) is 47.1 Å². The zero-order chi connectivity index (χ0) is 22.1. The summed E-state index contributed by atoms with van der Waals surface area (Å²) < 4.78 is 15.9. The van der Waals surface area contributed by atoms with Gasteiger partial charge in [0.15, 0.2) is 0 Å². The van der Waals surface area contributed by atoms with Gasteiger partial charge in [0, 0.05) is 26.2 Å². The lowest BCUT2D eigenvalue weighted by molar-refractivity contribution is -0.139. The Morgan fingerprint density at radius 2 is 1.65 bits per heavy atom. The summed E-state index contributed by atoms with van der Waals surface area (Å²) in [6.45, 7) is 3.34. The molecule has 2 aromatic rings. The number of nitrogens with zero attached hydrogens (tertiary/aromatic N) is 1. The van der Waals surface area contributed by atoms with Crippen molar-refractivity contribution in [2.24, 2.45) is 0 Å². The van der Waals surface area contributed by atoms with Crippen LogP contribution in [0.1, 0.15) is 17.2 Å². The number of morpholine rings is 1. The zero-order valence-corrected chi connectivity index (χ0v) is 17.9. The Hall–Kier alpha value is -3.10. The number of ether oxygens (including phenoxy) is 3. The molecular formula is C23H29N3O5. The number of methoxy groups -OCH3 is 2. The first kappa shape index (κ1) is 22.6. The van der Waals surface area contributed by atoms with Crippen molar-refractivity contribution < 1.29 is 23.8 Å². The Bertz CT molecular complexity index is 866. The third kappa shape index (κ3) is 6.44. The monoisotopic (exact) mass is 427 g/mol. The van der Waals surface area contributed by atoms with E-state index >= 15 is 0 Å². The predicted molar refractivity (Wildman–Crippen MR) is 116 cm³/mol. The largest absolute Gasteiger partial charge is 0.497 e. The van der Waals surface area contributed by atoms with Crippen molar-refractivity contribution in [1.29, 1.82) is 0 Å². The van der Waals surface area contributed by atoms with Gasteiger partial charge >= 0.3 is 11.8 Å². The molecule has 0 bridgehead atoms. The average molecular weight is 428 g/mol. The number of carbonyl (C=O) groups is 2. The summed E-state index contributed by atoms with van der Waals surface area (Å²) in [5.74, 6) is 0.163. The van der Waals surface area contributed by atoms with Gasteiger partial charge in [-0.3, -0.25) is 14.5 Å². The highest BCUT2D eigenvalue weighted by atomic mass is 16.5. The average Bonchev–Trinajstić information content (AvgIpc) is 2.83. The van der Waals surface area contributed by atoms with Crippen LogP contribution in [0.25, 0.3) is 0 Å². The molecule has 2 aromatic carbocycles. The van der Waals surface area contributed by atoms with Crippen molar-refractivity contribution >= 4 is 11.8 Å². The maximum absolute atomic E-state index is 12.4. The summed E-state index contributed by atoms with van der Waals surface area (Å²) in [5, 5.41) is 5.43. The SMILES string of the molecule is COc1ccc(CNC(=O)C(=O)NC[C@H](c2cccc(OC)c2)N2CCOCC2)cc1. The van der Waals surface area contributed by atoms with Crippen LogP contribution in [0, 0.1) is 0 Å². The molecule has 1 atom stereocenters. The Kier molecular flexibility index (Phi) is 8.26. The molecule has 3 rings (SSSR count). The van der Waals surface area contributed by atoms with Crippen LogP contribution in [0.3, 0.4) is 0 Å². The minimum absolute atomic E-state index is 0.0858. The van der Waals surface area contributed by atoms with E-state index in [0.29, 0.717) is 19.8 Å². The van der Waals surface area contributed by atoms with Crippen LogP contribution in [0.5, 0.6) is 11.5 Å². The minimum Gasteiger partial charge on any atom is -0.497 e. The van der Waals surface area contributed by atoms with Crippen LogP contribution in [0.4, 0.5) is 0 Å². The number of benzene rings is 2. The summed E-state index contributed by atoms with van der Waals surface area (Å²) in [7, 11) is 3.22. The fourth-order valence-corrected chi connectivity index (χ4v) is 3.47. The molecular weight excluding hydrogens is 398 g/mol. The van der Waals surface area contributed by atoms with Gasteiger partial charge < -0.3 is 24.8 Å². The standard InChI is InChI=1S/C23H29N3O5/c1-29-19-8-6-17(7-9-19)15-24-22(27)23(28)25-16-21(26-10-12-31-13-11-26)18-4-3-5-20(14-18)30-2/h3-9,14,21H,10-13,15-16H2,1-2H3,(H,24,27)(H,25,28)/t21-/m1/s1. The van der Waals surface area contributed by atoms with Gasteiger partial charge in [-0.25, -0.2) is 0 Å². The Morgan fingerprint density at radius 3 is 2.32 bits per heavy atom. The second-order valence-corrected chi connectivity index (χ2v) is 7.18. The highest BCUT2D eigenvalue weighted by Gasteiger charge is 2.24. The molecule has 2 N–H and O–H groups in total. The van der Waals surface area contributed by atoms with Gasteiger partial charge in [-0.05, 0) is 35.4 Å². The van der Waals surface area contributed by atoms with E-state index in [1.165, 1.54) is 0 Å². The molecule has 0 spiro atoms. The fraction of sp³-hybridized carbons (Fsp3) is 0.391. The van der Waals surface area contributed by atoms with E-state index in [2.05, 4.69) is 15.5 Å². The fourth-order valence-electron chi connectivity index (χ4n) is 3.47. The van der Waals surface area contributed by atoms with E-state index < -0.39 is 11.8 Å². The molecule has 31 heavy (non-hydrogen) atoms. The number of carbonyl (C=O) groups excluding carboxylic acids is 2. The predicted octanol–water partition coefficient (Wildman–Crippen LogP) is 1.51. The maximum atomic E-state index is 12.4. The number of rotatable bonds is 8. The van der Waals surface area contributed by atoms with E-state index in [9.17, 15) is 9.59 Å². The highest BCUT2D eigenvalue weighted by molar-refractivity contribution is 6.35. The lowest BCUT2D eigenvalue weighted by Crippen LogP contribution is -2.46. The van der Waals surface area contributed by atoms with Crippen molar-refractivity contribution in [3.63, 3.8) is 0 Å². The lowest BCUT2D eigenvalue weighted by atomic mass is 10.0. The second kappa shape index (κ2) is 11.3. The van der Waals surface area contributed by atoms with E-state index in [4.69, 9.17) is 14.2 Å². The van der Waals surface area contributed by atoms with E-state index in [0.717, 1.165) is 35.7 Å². The van der Waals surface area contributed by atoms with Crippen molar-refractivity contribution in [3.05, 3.63) is 59.7 Å². The quantitative estimate of drug-likeness (QED) is 0.621. The molecule has 0 unspecified atom stereocenters. The minimum atomic E-state index is -0.665. The second-order valence-electron chi connectivity index (χ2n) is 7.18. The van der Waals surface area contributed by atoms with E-state index in [1.807, 2.05) is 48.5 Å². The van der Waals surface area contributed by atoms with E-state index in [1.54, 1.807) is 14.2 Å². The molecule has 1 aliphatic heterocycles. The number of amides is 2. The van der Waals surface area contributed by atoms with Crippen molar-refractivity contribution in [1.82, 2.24) is 15.5 Å². The highest BCUT2D eigenvalue weighted by Crippen LogP contribution is 2.24. The molecule has 1 heterocycles. The number of hydrogen-bond acceptors (Lipinski definition) is 6. The lowest BCUT2D eigenvalue weighted by Gasteiger charge is -2.35. The van der Waals surface area contributed by atoms with Crippen LogP contribution in [-0.4, -0.2) is 63.8 Å². The number of hydrogen-bond donors (Lipinski definition) is 2. The Balaban J connectivity index is 1.58. The van der Waals surface area contributed by atoms with Gasteiger partial charge in [0.05, 0.1) is 33.5 Å². The van der Waals surface area contributed by atoms with Crippen LogP contribution in [-0.2, 0) is 20.9 Å². The molecule has 1 saturated heterocycles. The molecule has 2 amide bonds. The van der Waals surface area contributed by atoms with Gasteiger partial charge in [0.1, 0.15) is 11.5 Å². The van der Waals surface area contributed by atoms with Gasteiger partial charge in [-0.15, -0.1) is 0 Å². The first-order valence-corrected chi connectivity index (χ1v) is 10.3. The Labute approximate surface area is 182 Å². The van der Waals surface area contributed by atoms with Crippen LogP contribution in [0.15, 0.2) is 48.5 Å². The van der Waals surface area contributed by atoms with Crippen LogP contribution in [0.2, 0.25) is 0 Å². The first-order valence-electron chi connectivity index (χ1n) is 10.3.